The fraction of sp³-hybridized carbons (Fsp3) is 0.833. The summed E-state index contributed by atoms with van der Waals surface area (Å²) in [6.07, 6.45) is 4.40. The SMILES string of the molecule is C=C1CCC2(C)C(C)CCC(O)C12. The van der Waals surface area contributed by atoms with Crippen LogP contribution in [0.15, 0.2) is 12.2 Å². The summed E-state index contributed by atoms with van der Waals surface area (Å²) in [7, 11) is 0. The van der Waals surface area contributed by atoms with Gasteiger partial charge in [0.05, 0.1) is 6.10 Å². The van der Waals surface area contributed by atoms with Crippen molar-refractivity contribution < 1.29 is 5.11 Å². The smallest absolute Gasteiger partial charge is 0.0610 e. The molecule has 0 aliphatic heterocycles. The normalized spacial score (nSPS) is 50.7. The molecular formula is C12H20O. The topological polar surface area (TPSA) is 20.2 Å². The van der Waals surface area contributed by atoms with Gasteiger partial charge in [0, 0.05) is 5.92 Å². The second-order valence-electron chi connectivity index (χ2n) is 5.19. The molecule has 2 rings (SSSR count). The maximum atomic E-state index is 9.97. The van der Waals surface area contributed by atoms with Gasteiger partial charge in [0.25, 0.3) is 0 Å². The molecule has 0 radical (unpaired) electrons. The zero-order valence-electron chi connectivity index (χ0n) is 8.71. The number of aliphatic hydroxyl groups is 1. The predicted molar refractivity (Wildman–Crippen MR) is 54.4 cm³/mol. The quantitative estimate of drug-likeness (QED) is 0.568. The van der Waals surface area contributed by atoms with E-state index in [0.717, 1.165) is 18.8 Å². The van der Waals surface area contributed by atoms with Crippen molar-refractivity contribution in [1.82, 2.24) is 0 Å². The number of fused-ring (bicyclic) bond motifs is 1. The Hall–Kier alpha value is -0.300. The van der Waals surface area contributed by atoms with Crippen LogP contribution in [-0.4, -0.2) is 11.2 Å². The largest absolute Gasteiger partial charge is 0.392 e. The molecule has 1 heteroatoms. The van der Waals surface area contributed by atoms with E-state index in [-0.39, 0.29) is 6.10 Å². The molecule has 4 unspecified atom stereocenters. The fourth-order valence-corrected chi connectivity index (χ4v) is 3.39. The van der Waals surface area contributed by atoms with Crippen LogP contribution < -0.4 is 0 Å². The molecule has 0 aromatic carbocycles. The van der Waals surface area contributed by atoms with Crippen LogP contribution in [-0.2, 0) is 0 Å². The summed E-state index contributed by atoms with van der Waals surface area (Å²) in [5.74, 6) is 1.14. The van der Waals surface area contributed by atoms with Crippen molar-refractivity contribution in [2.45, 2.75) is 45.6 Å². The maximum absolute atomic E-state index is 9.97. The molecule has 2 aliphatic carbocycles. The number of rotatable bonds is 0. The van der Waals surface area contributed by atoms with Crippen LogP contribution >= 0.6 is 0 Å². The molecule has 74 valence electrons. The molecular weight excluding hydrogens is 160 g/mol. The Labute approximate surface area is 80.8 Å². The highest BCUT2D eigenvalue weighted by Crippen LogP contribution is 2.56. The first-order valence-corrected chi connectivity index (χ1v) is 5.41. The molecule has 0 bridgehead atoms. The number of hydrogen-bond acceptors (Lipinski definition) is 1. The summed E-state index contributed by atoms with van der Waals surface area (Å²) < 4.78 is 0. The van der Waals surface area contributed by atoms with E-state index in [2.05, 4.69) is 20.4 Å². The van der Waals surface area contributed by atoms with Gasteiger partial charge in [-0.25, -0.2) is 0 Å². The van der Waals surface area contributed by atoms with Gasteiger partial charge in [0.1, 0.15) is 0 Å². The molecule has 2 saturated carbocycles. The molecule has 4 atom stereocenters. The van der Waals surface area contributed by atoms with Gasteiger partial charge in [-0.15, -0.1) is 0 Å². The van der Waals surface area contributed by atoms with E-state index in [1.54, 1.807) is 0 Å². The van der Waals surface area contributed by atoms with Crippen molar-refractivity contribution in [1.29, 1.82) is 0 Å². The Morgan fingerprint density at radius 3 is 2.77 bits per heavy atom. The van der Waals surface area contributed by atoms with Crippen LogP contribution in [0.5, 0.6) is 0 Å². The van der Waals surface area contributed by atoms with E-state index in [4.69, 9.17) is 0 Å². The molecule has 1 N–H and O–H groups in total. The van der Waals surface area contributed by atoms with Gasteiger partial charge >= 0.3 is 0 Å². The lowest BCUT2D eigenvalue weighted by molar-refractivity contribution is -0.0178. The predicted octanol–water partition coefficient (Wildman–Crippen LogP) is 2.75. The van der Waals surface area contributed by atoms with Crippen molar-refractivity contribution in [2.24, 2.45) is 17.3 Å². The maximum Gasteiger partial charge on any atom is 0.0610 e. The van der Waals surface area contributed by atoms with Gasteiger partial charge in [0.15, 0.2) is 0 Å². The summed E-state index contributed by atoms with van der Waals surface area (Å²) in [5, 5.41) is 9.97. The van der Waals surface area contributed by atoms with Crippen LogP contribution in [0.3, 0.4) is 0 Å². The van der Waals surface area contributed by atoms with Crippen molar-refractivity contribution in [3.8, 4) is 0 Å². The zero-order chi connectivity index (χ0) is 9.64. The van der Waals surface area contributed by atoms with Gasteiger partial charge in [-0.3, -0.25) is 0 Å². The molecule has 2 aliphatic rings. The first-order chi connectivity index (χ1) is 6.05. The molecule has 0 heterocycles. The molecule has 0 saturated heterocycles. The third-order valence-corrected chi connectivity index (χ3v) is 4.54. The lowest BCUT2D eigenvalue weighted by Gasteiger charge is -2.44. The van der Waals surface area contributed by atoms with Crippen molar-refractivity contribution >= 4 is 0 Å². The highest BCUT2D eigenvalue weighted by molar-refractivity contribution is 5.18. The van der Waals surface area contributed by atoms with E-state index in [1.807, 2.05) is 0 Å². The zero-order valence-corrected chi connectivity index (χ0v) is 8.71. The van der Waals surface area contributed by atoms with E-state index in [0.29, 0.717) is 11.3 Å². The third-order valence-electron chi connectivity index (χ3n) is 4.54. The van der Waals surface area contributed by atoms with E-state index >= 15 is 0 Å². The van der Waals surface area contributed by atoms with Gasteiger partial charge in [-0.2, -0.15) is 0 Å². The van der Waals surface area contributed by atoms with Crippen molar-refractivity contribution in [3.63, 3.8) is 0 Å². The van der Waals surface area contributed by atoms with Crippen LogP contribution in [0.1, 0.15) is 39.5 Å². The average molecular weight is 180 g/mol. The van der Waals surface area contributed by atoms with E-state index < -0.39 is 0 Å². The lowest BCUT2D eigenvalue weighted by atomic mass is 9.62. The number of aliphatic hydroxyl groups excluding tert-OH is 1. The third kappa shape index (κ3) is 1.17. The highest BCUT2D eigenvalue weighted by Gasteiger charge is 2.50. The molecule has 13 heavy (non-hydrogen) atoms. The second-order valence-corrected chi connectivity index (χ2v) is 5.19. The summed E-state index contributed by atoms with van der Waals surface area (Å²) in [5.41, 5.74) is 1.64. The first-order valence-electron chi connectivity index (χ1n) is 5.41. The molecule has 0 aromatic rings. The highest BCUT2D eigenvalue weighted by atomic mass is 16.3. The van der Waals surface area contributed by atoms with Gasteiger partial charge in [-0.1, -0.05) is 26.0 Å². The van der Waals surface area contributed by atoms with Crippen LogP contribution in [0, 0.1) is 17.3 Å². The van der Waals surface area contributed by atoms with Crippen molar-refractivity contribution in [2.75, 3.05) is 0 Å². The minimum Gasteiger partial charge on any atom is -0.392 e. The fourth-order valence-electron chi connectivity index (χ4n) is 3.39. The Bertz CT molecular complexity index is 233. The van der Waals surface area contributed by atoms with Gasteiger partial charge in [0.2, 0.25) is 0 Å². The Morgan fingerprint density at radius 2 is 2.15 bits per heavy atom. The van der Waals surface area contributed by atoms with Gasteiger partial charge in [-0.05, 0) is 37.0 Å². The lowest BCUT2D eigenvalue weighted by Crippen LogP contribution is -2.42. The van der Waals surface area contributed by atoms with Crippen molar-refractivity contribution in [3.05, 3.63) is 12.2 Å². The first kappa shape index (κ1) is 9.26. The molecule has 0 aromatic heterocycles. The Kier molecular flexibility index (Phi) is 2.03. The Balaban J connectivity index is 2.31. The minimum atomic E-state index is -0.115. The molecule has 1 nitrogen and oxygen atoms in total. The Morgan fingerprint density at radius 1 is 1.46 bits per heavy atom. The molecule has 0 spiro atoms. The summed E-state index contributed by atoms with van der Waals surface area (Å²) >= 11 is 0. The number of hydrogen-bond donors (Lipinski definition) is 1. The average Bonchev–Trinajstić information content (AvgIpc) is 2.38. The summed E-state index contributed by atoms with van der Waals surface area (Å²) in [6.45, 7) is 8.78. The standard InChI is InChI=1S/C12H20O/c1-8-6-7-12(3)9(2)4-5-10(13)11(8)12/h9-11,13H,1,4-7H2,2-3H3. The summed E-state index contributed by atoms with van der Waals surface area (Å²) in [4.78, 5) is 0. The second kappa shape index (κ2) is 2.84. The van der Waals surface area contributed by atoms with Gasteiger partial charge < -0.3 is 5.11 Å². The minimum absolute atomic E-state index is 0.115. The monoisotopic (exact) mass is 180 g/mol. The van der Waals surface area contributed by atoms with E-state index in [1.165, 1.54) is 18.4 Å². The van der Waals surface area contributed by atoms with Crippen LogP contribution in [0.25, 0.3) is 0 Å². The molecule has 0 amide bonds. The van der Waals surface area contributed by atoms with Crippen LogP contribution in [0.4, 0.5) is 0 Å². The van der Waals surface area contributed by atoms with Crippen LogP contribution in [0.2, 0.25) is 0 Å². The van der Waals surface area contributed by atoms with E-state index in [9.17, 15) is 5.11 Å². The molecule has 2 fully saturated rings. The summed E-state index contributed by atoms with van der Waals surface area (Å²) in [6, 6.07) is 0.